The zero-order chi connectivity index (χ0) is 11.7. The maximum Gasteiger partial charge on any atom is 0.492 e. The Kier molecular flexibility index (Phi) is 2.72. The first-order chi connectivity index (χ1) is 7.63. The molecule has 2 rings (SSSR count). The van der Waals surface area contributed by atoms with Gasteiger partial charge in [0.25, 0.3) is 0 Å². The lowest BCUT2D eigenvalue weighted by Gasteiger charge is -2.06. The summed E-state index contributed by atoms with van der Waals surface area (Å²) in [5, 5.41) is 20.0. The molecule has 82 valence electrons. The fourth-order valence-electron chi connectivity index (χ4n) is 1.84. The van der Waals surface area contributed by atoms with Crippen LogP contribution in [0.5, 0.6) is 0 Å². The van der Waals surface area contributed by atoms with Gasteiger partial charge in [0, 0.05) is 10.5 Å². The maximum atomic E-state index is 10.7. The highest BCUT2D eigenvalue weighted by atomic mass is 16.6. The van der Waals surface area contributed by atoms with Crippen molar-refractivity contribution in [2.75, 3.05) is 6.54 Å². The summed E-state index contributed by atoms with van der Waals surface area (Å²) in [5.74, 6) is 0. The molecule has 16 heavy (non-hydrogen) atoms. The molecule has 0 saturated carbocycles. The first-order valence-electron chi connectivity index (χ1n) is 4.66. The average Bonchev–Trinajstić information content (AvgIpc) is 2.55. The van der Waals surface area contributed by atoms with E-state index in [4.69, 9.17) is 4.65 Å². The van der Waals surface area contributed by atoms with E-state index in [0.717, 1.165) is 0 Å². The molecule has 0 bridgehead atoms. The summed E-state index contributed by atoms with van der Waals surface area (Å²) in [5.41, 5.74) is 1.15. The van der Waals surface area contributed by atoms with Gasteiger partial charge in [0.05, 0.1) is 0 Å². The van der Waals surface area contributed by atoms with Crippen LogP contribution in [-0.4, -0.2) is 29.9 Å². The van der Waals surface area contributed by atoms with E-state index in [1.165, 1.54) is 6.07 Å². The van der Waals surface area contributed by atoms with Gasteiger partial charge in [0.2, 0.25) is 6.54 Å². The number of nitro groups is 1. The molecule has 1 aliphatic heterocycles. The van der Waals surface area contributed by atoms with Gasteiger partial charge in [0.1, 0.15) is 12.4 Å². The van der Waals surface area contributed by atoms with Crippen LogP contribution >= 0.6 is 0 Å². The third kappa shape index (κ3) is 1.70. The fourth-order valence-corrected chi connectivity index (χ4v) is 1.84. The van der Waals surface area contributed by atoms with Gasteiger partial charge in [-0.15, -0.1) is 0 Å². The third-order valence-electron chi connectivity index (χ3n) is 2.50. The Hall–Kier alpha value is -1.73. The number of hydrogen-bond donors (Lipinski definition) is 1. The van der Waals surface area contributed by atoms with E-state index in [-0.39, 0.29) is 0 Å². The first-order valence-corrected chi connectivity index (χ1v) is 4.66. The molecule has 1 heterocycles. The predicted octanol–water partition coefficient (Wildman–Crippen LogP) is -0.465. The minimum atomic E-state index is -1.26. The largest absolute Gasteiger partial charge is 0.492 e. The van der Waals surface area contributed by atoms with Gasteiger partial charge in [-0.2, -0.15) is 0 Å². The van der Waals surface area contributed by atoms with Gasteiger partial charge in [-0.1, -0.05) is 18.2 Å². The molecule has 0 spiro atoms. The zero-order valence-corrected chi connectivity index (χ0v) is 8.20. The summed E-state index contributed by atoms with van der Waals surface area (Å²) in [7, 11) is -1.26. The molecule has 0 amide bonds. The highest BCUT2D eigenvalue weighted by molar-refractivity contribution is 6.63. The molecule has 1 unspecified atom stereocenters. The summed E-state index contributed by atoms with van der Waals surface area (Å²) >= 11 is 0. The number of fused-ring (bicyclic) bond motifs is 1. The lowest BCUT2D eigenvalue weighted by Crippen LogP contribution is -2.31. The van der Waals surface area contributed by atoms with Gasteiger partial charge >= 0.3 is 7.12 Å². The van der Waals surface area contributed by atoms with Gasteiger partial charge in [-0.05, 0) is 11.0 Å². The zero-order valence-electron chi connectivity index (χ0n) is 8.20. The number of carbonyl (C=O) groups excluding carboxylic acids is 1. The van der Waals surface area contributed by atoms with Crippen molar-refractivity contribution in [1.82, 2.24) is 0 Å². The van der Waals surface area contributed by atoms with E-state index in [0.29, 0.717) is 22.9 Å². The Morgan fingerprint density at radius 3 is 3.00 bits per heavy atom. The molecular weight excluding hydrogens is 213 g/mol. The highest BCUT2D eigenvalue weighted by Crippen LogP contribution is 2.24. The molecule has 1 aromatic rings. The van der Waals surface area contributed by atoms with Crippen molar-refractivity contribution < 1.29 is 19.4 Å². The maximum absolute atomic E-state index is 10.7. The molecule has 6 nitrogen and oxygen atoms in total. The topological polar surface area (TPSA) is 89.7 Å². The predicted molar refractivity (Wildman–Crippen MR) is 55.1 cm³/mol. The van der Waals surface area contributed by atoms with Crippen molar-refractivity contribution in [3.63, 3.8) is 0 Å². The van der Waals surface area contributed by atoms with Crippen LogP contribution in [0.2, 0.25) is 0 Å². The molecule has 1 atom stereocenters. The van der Waals surface area contributed by atoms with Crippen LogP contribution in [0, 0.1) is 10.1 Å². The standard InChI is InChI=1S/C9H8BNO5/c12-5-6-2-1-3-7-8(4-11(14)15)16-10(13)9(6)7/h1-3,5,8,13H,4H2. The van der Waals surface area contributed by atoms with E-state index in [1.54, 1.807) is 12.1 Å². The van der Waals surface area contributed by atoms with E-state index >= 15 is 0 Å². The van der Waals surface area contributed by atoms with Crippen LogP contribution in [0.4, 0.5) is 0 Å². The van der Waals surface area contributed by atoms with Gasteiger partial charge in [0.15, 0.2) is 0 Å². The average molecular weight is 221 g/mol. The van der Waals surface area contributed by atoms with Gasteiger partial charge in [-0.25, -0.2) is 0 Å². The summed E-state index contributed by atoms with van der Waals surface area (Å²) in [4.78, 5) is 20.6. The molecule has 0 aliphatic carbocycles. The lowest BCUT2D eigenvalue weighted by molar-refractivity contribution is -0.490. The number of hydrogen-bond acceptors (Lipinski definition) is 5. The SMILES string of the molecule is O=Cc1cccc2c1B(O)OC2C[N+](=O)[O-]. The minimum Gasteiger partial charge on any atom is -0.423 e. The number of carbonyl (C=O) groups is 1. The molecule has 1 N–H and O–H groups in total. The summed E-state index contributed by atoms with van der Waals surface area (Å²) < 4.78 is 5.04. The van der Waals surface area contributed by atoms with Crippen molar-refractivity contribution in [1.29, 1.82) is 0 Å². The quantitative estimate of drug-likeness (QED) is 0.322. The van der Waals surface area contributed by atoms with Crippen molar-refractivity contribution in [2.24, 2.45) is 0 Å². The third-order valence-corrected chi connectivity index (χ3v) is 2.50. The van der Waals surface area contributed by atoms with Crippen LogP contribution in [0.15, 0.2) is 18.2 Å². The van der Waals surface area contributed by atoms with Crippen LogP contribution in [-0.2, 0) is 4.65 Å². The second kappa shape index (κ2) is 4.03. The monoisotopic (exact) mass is 221 g/mol. The van der Waals surface area contributed by atoms with Crippen LogP contribution in [0.25, 0.3) is 0 Å². The van der Waals surface area contributed by atoms with E-state index in [2.05, 4.69) is 0 Å². The molecule has 1 aliphatic rings. The van der Waals surface area contributed by atoms with E-state index in [1.807, 2.05) is 0 Å². The number of aldehydes is 1. The lowest BCUT2D eigenvalue weighted by atomic mass is 9.76. The Morgan fingerprint density at radius 2 is 2.38 bits per heavy atom. The normalized spacial score (nSPS) is 18.3. The van der Waals surface area contributed by atoms with Crippen LogP contribution in [0.1, 0.15) is 22.0 Å². The van der Waals surface area contributed by atoms with Crippen molar-refractivity contribution in [3.05, 3.63) is 39.4 Å². The molecule has 0 saturated heterocycles. The molecule has 0 aromatic heterocycles. The van der Waals surface area contributed by atoms with Crippen molar-refractivity contribution in [3.8, 4) is 0 Å². The van der Waals surface area contributed by atoms with Crippen LogP contribution < -0.4 is 5.46 Å². The number of nitrogens with zero attached hydrogens (tertiary/aromatic N) is 1. The Bertz CT molecular complexity index is 450. The Labute approximate surface area is 91.1 Å². The fraction of sp³-hybridized carbons (Fsp3) is 0.222. The highest BCUT2D eigenvalue weighted by Gasteiger charge is 2.39. The second-order valence-electron chi connectivity index (χ2n) is 3.46. The van der Waals surface area contributed by atoms with Crippen LogP contribution in [0.3, 0.4) is 0 Å². The van der Waals surface area contributed by atoms with Crippen molar-refractivity contribution in [2.45, 2.75) is 6.10 Å². The summed E-state index contributed by atoms with van der Waals surface area (Å²) in [6.07, 6.45) is -0.195. The Morgan fingerprint density at radius 1 is 1.62 bits per heavy atom. The Balaban J connectivity index is 2.42. The second-order valence-corrected chi connectivity index (χ2v) is 3.46. The van der Waals surface area contributed by atoms with E-state index < -0.39 is 24.7 Å². The molecule has 7 heteroatoms. The molecule has 1 aromatic carbocycles. The van der Waals surface area contributed by atoms with Gasteiger partial charge < -0.3 is 9.68 Å². The molecule has 0 fully saturated rings. The minimum absolute atomic E-state index is 0.302. The number of benzene rings is 1. The summed E-state index contributed by atoms with van der Waals surface area (Å²) in [6, 6.07) is 4.76. The smallest absolute Gasteiger partial charge is 0.423 e. The number of rotatable bonds is 3. The molecule has 0 radical (unpaired) electrons. The van der Waals surface area contributed by atoms with E-state index in [9.17, 15) is 19.9 Å². The first kappa shape index (κ1) is 10.8. The van der Waals surface area contributed by atoms with Gasteiger partial charge in [-0.3, -0.25) is 14.9 Å². The van der Waals surface area contributed by atoms with Crippen molar-refractivity contribution >= 4 is 18.9 Å². The molecular formula is C9H8BNO5. The summed E-state index contributed by atoms with van der Waals surface area (Å²) in [6.45, 7) is -0.424.